The molecule has 0 heterocycles. The molecule has 7 N–H and O–H groups in total. The largest absolute Gasteiger partial charge is 0.479 e. The molecule has 0 amide bonds. The number of carboxylic acid groups (broad SMARTS) is 1. The lowest BCUT2D eigenvalue weighted by molar-refractivity contribution is -0.138. The summed E-state index contributed by atoms with van der Waals surface area (Å²) in [6.45, 7) is 4.19. The van der Waals surface area contributed by atoms with Crippen molar-refractivity contribution in [1.82, 2.24) is 4.72 Å². The van der Waals surface area contributed by atoms with Gasteiger partial charge in [-0.05, 0) is 60.4 Å². The van der Waals surface area contributed by atoms with Crippen LogP contribution in [-0.2, 0) is 21.4 Å². The summed E-state index contributed by atoms with van der Waals surface area (Å²) < 4.78 is 29.5. The Balaban J connectivity index is 0.00000512. The van der Waals surface area contributed by atoms with Crippen LogP contribution in [-0.4, -0.2) is 31.9 Å². The van der Waals surface area contributed by atoms with Crippen LogP contribution < -0.4 is 20.5 Å². The van der Waals surface area contributed by atoms with Gasteiger partial charge in [0.25, 0.3) is 10.2 Å². The fraction of sp³-hybridized carbons (Fsp3) is 0.333. The van der Waals surface area contributed by atoms with Gasteiger partial charge in [0.2, 0.25) is 0 Å². The predicted molar refractivity (Wildman–Crippen MR) is 130 cm³/mol. The van der Waals surface area contributed by atoms with Gasteiger partial charge in [0.05, 0.1) is 5.69 Å². The van der Waals surface area contributed by atoms with E-state index in [1.807, 2.05) is 13.8 Å². The first kappa shape index (κ1) is 27.2. The number of anilines is 2. The number of hydrogen-bond acceptors (Lipinski definition) is 5. The van der Waals surface area contributed by atoms with Crippen LogP contribution in [0.3, 0.4) is 0 Å². The first-order valence-electron chi connectivity index (χ1n) is 10.00. The lowest BCUT2D eigenvalue weighted by atomic mass is 10.0. The van der Waals surface area contributed by atoms with Crippen molar-refractivity contribution in [2.45, 2.75) is 39.2 Å². The number of nitrogens with one attached hydrogen (secondary N) is 4. The SMILES string of the molecule is CCCCNS(=O)(=O)Nc1cc(CC)cc(C(Nc2ccc(C(=N)N)cc2)C(=O)O)c1.Cl. The van der Waals surface area contributed by atoms with Crippen molar-refractivity contribution in [1.29, 1.82) is 5.41 Å². The molecule has 9 nitrogen and oxygen atoms in total. The van der Waals surface area contributed by atoms with Gasteiger partial charge < -0.3 is 16.2 Å². The topological polar surface area (TPSA) is 157 Å². The highest BCUT2D eigenvalue weighted by Gasteiger charge is 2.22. The van der Waals surface area contributed by atoms with Crippen LogP contribution in [0.25, 0.3) is 0 Å². The summed E-state index contributed by atoms with van der Waals surface area (Å²) in [7, 11) is -3.77. The molecule has 0 aliphatic rings. The minimum atomic E-state index is -3.77. The fourth-order valence-electron chi connectivity index (χ4n) is 2.92. The normalized spacial score (nSPS) is 11.8. The third-order valence-electron chi connectivity index (χ3n) is 4.59. The monoisotopic (exact) mass is 483 g/mol. The number of unbranched alkanes of at least 4 members (excludes halogenated alkanes) is 1. The number of aliphatic carboxylic acids is 1. The van der Waals surface area contributed by atoms with Gasteiger partial charge in [0, 0.05) is 17.8 Å². The van der Waals surface area contributed by atoms with E-state index in [0.717, 1.165) is 12.0 Å². The van der Waals surface area contributed by atoms with Gasteiger partial charge in [-0.25, -0.2) is 4.79 Å². The number of aryl methyl sites for hydroxylation is 1. The van der Waals surface area contributed by atoms with E-state index in [-0.39, 0.29) is 18.2 Å². The number of rotatable bonds is 12. The average Bonchev–Trinajstić information content (AvgIpc) is 2.71. The van der Waals surface area contributed by atoms with Gasteiger partial charge in [-0.1, -0.05) is 26.3 Å². The summed E-state index contributed by atoms with van der Waals surface area (Å²) in [6.07, 6.45) is 2.18. The highest BCUT2D eigenvalue weighted by Crippen LogP contribution is 2.25. The van der Waals surface area contributed by atoms with E-state index in [9.17, 15) is 18.3 Å². The molecule has 0 bridgehead atoms. The molecular weight excluding hydrogens is 454 g/mol. The van der Waals surface area contributed by atoms with E-state index in [0.29, 0.717) is 41.9 Å². The third kappa shape index (κ3) is 8.03. The van der Waals surface area contributed by atoms with E-state index in [1.165, 1.54) is 6.07 Å². The maximum Gasteiger partial charge on any atom is 0.330 e. The molecule has 0 fully saturated rings. The average molecular weight is 484 g/mol. The predicted octanol–water partition coefficient (Wildman–Crippen LogP) is 3.24. The molecule has 176 valence electrons. The first-order chi connectivity index (χ1) is 14.6. The number of benzene rings is 2. The van der Waals surface area contributed by atoms with Crippen LogP contribution >= 0.6 is 12.4 Å². The van der Waals surface area contributed by atoms with E-state index < -0.39 is 22.2 Å². The zero-order chi connectivity index (χ0) is 23.0. The molecule has 11 heteroatoms. The van der Waals surface area contributed by atoms with E-state index in [4.69, 9.17) is 11.1 Å². The molecule has 32 heavy (non-hydrogen) atoms. The quantitative estimate of drug-likeness (QED) is 0.154. The molecule has 1 unspecified atom stereocenters. The van der Waals surface area contributed by atoms with Crippen molar-refractivity contribution in [2.75, 3.05) is 16.6 Å². The Bertz CT molecular complexity index is 1030. The maximum atomic E-state index is 12.3. The molecule has 0 spiro atoms. The van der Waals surface area contributed by atoms with Crippen molar-refractivity contribution in [3.05, 3.63) is 59.2 Å². The van der Waals surface area contributed by atoms with Crippen LogP contribution in [0.5, 0.6) is 0 Å². The molecule has 2 rings (SSSR count). The summed E-state index contributed by atoms with van der Waals surface area (Å²) >= 11 is 0. The smallest absolute Gasteiger partial charge is 0.330 e. The van der Waals surface area contributed by atoms with Crippen LogP contribution in [0.4, 0.5) is 11.4 Å². The van der Waals surface area contributed by atoms with Crippen LogP contribution in [0.15, 0.2) is 42.5 Å². The van der Waals surface area contributed by atoms with Crippen LogP contribution in [0.2, 0.25) is 0 Å². The summed E-state index contributed by atoms with van der Waals surface area (Å²) in [6, 6.07) is 10.3. The van der Waals surface area contributed by atoms with E-state index >= 15 is 0 Å². The Labute approximate surface area is 194 Å². The molecule has 0 aliphatic carbocycles. The van der Waals surface area contributed by atoms with Crippen molar-refractivity contribution in [3.8, 4) is 0 Å². The van der Waals surface area contributed by atoms with E-state index in [2.05, 4.69) is 14.8 Å². The number of carboxylic acids is 1. The maximum absolute atomic E-state index is 12.3. The highest BCUT2D eigenvalue weighted by atomic mass is 35.5. The lowest BCUT2D eigenvalue weighted by Gasteiger charge is -2.19. The fourth-order valence-corrected chi connectivity index (χ4v) is 3.84. The standard InChI is InChI=1S/C21H29N5O4S.ClH/c1-3-5-10-24-31(29,30)26-18-12-14(4-2)11-16(13-18)19(21(27)28)25-17-8-6-15(7-9-17)20(22)23;/h6-9,11-13,19,24-26H,3-5,10H2,1-2H3,(H3,22,23)(H,27,28);1H. The third-order valence-corrected chi connectivity index (χ3v) is 5.67. The Morgan fingerprint density at radius 1 is 1.12 bits per heavy atom. The van der Waals surface area contributed by atoms with Gasteiger partial charge >= 0.3 is 5.97 Å². The Hall–Kier alpha value is -2.82. The highest BCUT2D eigenvalue weighted by molar-refractivity contribution is 7.90. The molecule has 1 atom stereocenters. The number of halogens is 1. The van der Waals surface area contributed by atoms with Crippen molar-refractivity contribution in [2.24, 2.45) is 5.73 Å². The summed E-state index contributed by atoms with van der Waals surface area (Å²) in [5, 5.41) is 20.2. The zero-order valence-electron chi connectivity index (χ0n) is 18.0. The summed E-state index contributed by atoms with van der Waals surface area (Å²) in [4.78, 5) is 12.0. The summed E-state index contributed by atoms with van der Waals surface area (Å²) in [5.41, 5.74) is 8.00. The second-order valence-electron chi connectivity index (χ2n) is 7.08. The minimum absolute atomic E-state index is 0. The number of amidine groups is 1. The Morgan fingerprint density at radius 2 is 1.78 bits per heavy atom. The molecule has 0 aromatic heterocycles. The molecule has 0 aliphatic heterocycles. The number of nitrogen functional groups attached to an aromatic ring is 1. The number of hydrogen-bond donors (Lipinski definition) is 6. The minimum Gasteiger partial charge on any atom is -0.479 e. The van der Waals surface area contributed by atoms with Crippen molar-refractivity contribution >= 4 is 45.8 Å². The van der Waals surface area contributed by atoms with E-state index in [1.54, 1.807) is 36.4 Å². The Morgan fingerprint density at radius 3 is 2.31 bits per heavy atom. The zero-order valence-corrected chi connectivity index (χ0v) is 19.6. The number of carbonyl (C=O) groups is 1. The second-order valence-corrected chi connectivity index (χ2v) is 8.58. The summed E-state index contributed by atoms with van der Waals surface area (Å²) in [5.74, 6) is -1.19. The van der Waals surface area contributed by atoms with Gasteiger partial charge in [0.1, 0.15) is 5.84 Å². The molecule has 2 aromatic carbocycles. The molecule has 0 saturated carbocycles. The van der Waals surface area contributed by atoms with Crippen LogP contribution in [0.1, 0.15) is 49.4 Å². The molecule has 2 aromatic rings. The molecular formula is C21H30ClN5O4S. The van der Waals surface area contributed by atoms with Gasteiger partial charge in [-0.3, -0.25) is 10.1 Å². The molecule has 0 saturated heterocycles. The van der Waals surface area contributed by atoms with Crippen molar-refractivity contribution < 1.29 is 18.3 Å². The lowest BCUT2D eigenvalue weighted by Crippen LogP contribution is -2.31. The van der Waals surface area contributed by atoms with Gasteiger partial charge in [-0.15, -0.1) is 12.4 Å². The Kier molecular flexibility index (Phi) is 10.4. The van der Waals surface area contributed by atoms with Gasteiger partial charge in [-0.2, -0.15) is 13.1 Å². The first-order valence-corrected chi connectivity index (χ1v) is 11.5. The van der Waals surface area contributed by atoms with Crippen molar-refractivity contribution in [3.63, 3.8) is 0 Å². The number of nitrogens with two attached hydrogens (primary N) is 1. The molecule has 0 radical (unpaired) electrons. The second kappa shape index (κ2) is 12.3. The van der Waals surface area contributed by atoms with Crippen LogP contribution in [0, 0.1) is 5.41 Å². The van der Waals surface area contributed by atoms with Gasteiger partial charge in [0.15, 0.2) is 6.04 Å².